The molecule has 2 aromatic carbocycles. The lowest BCUT2D eigenvalue weighted by atomic mass is 10.0. The standard InChI is InChI=1S/C21H17ClN6O/c22-15-3-4-17-16(10-15)19(28-21(24)27-17)13-1-2-14(11-23)18(9-13)26-20(29)12-5-7-25-8-6-12/h1-10H,11,23H2,(H,26,29)(H2,24,27,28). The molecule has 2 aromatic heterocycles. The van der Waals surface area contributed by atoms with Gasteiger partial charge in [-0.2, -0.15) is 0 Å². The Bertz CT molecular complexity index is 1210. The van der Waals surface area contributed by atoms with Gasteiger partial charge in [0.25, 0.3) is 5.91 Å². The Morgan fingerprint density at radius 3 is 2.59 bits per heavy atom. The number of carbonyl (C=O) groups excluding carboxylic acids is 1. The summed E-state index contributed by atoms with van der Waals surface area (Å²) in [6.07, 6.45) is 3.13. The van der Waals surface area contributed by atoms with Crippen LogP contribution in [0, 0.1) is 0 Å². The summed E-state index contributed by atoms with van der Waals surface area (Å²) in [5, 5.41) is 4.24. The van der Waals surface area contributed by atoms with Crippen molar-refractivity contribution in [3.63, 3.8) is 0 Å². The fourth-order valence-corrected chi connectivity index (χ4v) is 3.23. The molecule has 144 valence electrons. The monoisotopic (exact) mass is 404 g/mol. The number of benzene rings is 2. The molecule has 0 saturated carbocycles. The topological polar surface area (TPSA) is 120 Å². The van der Waals surface area contributed by atoms with E-state index in [4.69, 9.17) is 23.1 Å². The molecule has 29 heavy (non-hydrogen) atoms. The van der Waals surface area contributed by atoms with Crippen LogP contribution in [0.2, 0.25) is 5.02 Å². The largest absolute Gasteiger partial charge is 0.368 e. The van der Waals surface area contributed by atoms with Crippen molar-refractivity contribution < 1.29 is 4.79 Å². The molecule has 0 bridgehead atoms. The fraction of sp³-hybridized carbons (Fsp3) is 0.0476. The van der Waals surface area contributed by atoms with E-state index in [-0.39, 0.29) is 18.4 Å². The zero-order chi connectivity index (χ0) is 20.4. The second-order valence-corrected chi connectivity index (χ2v) is 6.79. The van der Waals surface area contributed by atoms with Gasteiger partial charge in [-0.25, -0.2) is 9.97 Å². The van der Waals surface area contributed by atoms with E-state index in [2.05, 4.69) is 20.3 Å². The number of halogens is 1. The van der Waals surface area contributed by atoms with Gasteiger partial charge in [0.05, 0.1) is 11.2 Å². The Hall–Kier alpha value is -3.55. The minimum atomic E-state index is -0.255. The van der Waals surface area contributed by atoms with Gasteiger partial charge < -0.3 is 16.8 Å². The number of nitrogens with two attached hydrogens (primary N) is 2. The van der Waals surface area contributed by atoms with Crippen molar-refractivity contribution in [3.05, 3.63) is 77.1 Å². The maximum absolute atomic E-state index is 12.6. The Morgan fingerprint density at radius 2 is 1.83 bits per heavy atom. The van der Waals surface area contributed by atoms with Crippen LogP contribution in [0.1, 0.15) is 15.9 Å². The molecule has 1 amide bonds. The van der Waals surface area contributed by atoms with Crippen LogP contribution in [0.5, 0.6) is 0 Å². The van der Waals surface area contributed by atoms with Gasteiger partial charge in [0, 0.05) is 46.2 Å². The van der Waals surface area contributed by atoms with Crippen LogP contribution < -0.4 is 16.8 Å². The van der Waals surface area contributed by atoms with Crippen molar-refractivity contribution >= 4 is 40.0 Å². The number of aromatic nitrogens is 3. The zero-order valence-corrected chi connectivity index (χ0v) is 16.0. The molecule has 0 atom stereocenters. The Morgan fingerprint density at radius 1 is 1.03 bits per heavy atom. The van der Waals surface area contributed by atoms with E-state index in [9.17, 15) is 4.79 Å². The summed E-state index contributed by atoms with van der Waals surface area (Å²) >= 11 is 6.17. The number of nitrogens with one attached hydrogen (secondary N) is 1. The summed E-state index contributed by atoms with van der Waals surface area (Å²) in [7, 11) is 0. The van der Waals surface area contributed by atoms with Crippen LogP contribution >= 0.6 is 11.6 Å². The molecule has 0 radical (unpaired) electrons. The van der Waals surface area contributed by atoms with Crippen molar-refractivity contribution in [3.8, 4) is 11.3 Å². The van der Waals surface area contributed by atoms with E-state index in [1.807, 2.05) is 18.2 Å². The Kier molecular flexibility index (Phi) is 5.07. The molecule has 4 rings (SSSR count). The van der Waals surface area contributed by atoms with E-state index >= 15 is 0 Å². The first kappa shape index (κ1) is 18.8. The SMILES string of the molecule is NCc1ccc(-c2nc(N)nc3ccc(Cl)cc23)cc1NC(=O)c1ccncc1. The summed E-state index contributed by atoms with van der Waals surface area (Å²) in [6.45, 7) is 0.269. The molecule has 0 saturated heterocycles. The maximum Gasteiger partial charge on any atom is 0.255 e. The number of fused-ring (bicyclic) bond motifs is 1. The highest BCUT2D eigenvalue weighted by Gasteiger charge is 2.14. The van der Waals surface area contributed by atoms with Crippen LogP contribution in [0.3, 0.4) is 0 Å². The maximum atomic E-state index is 12.6. The number of pyridine rings is 1. The van der Waals surface area contributed by atoms with Crippen LogP contribution in [0.25, 0.3) is 22.2 Å². The molecular formula is C21H17ClN6O. The number of nitrogens with zero attached hydrogens (tertiary/aromatic N) is 3. The molecule has 0 aliphatic carbocycles. The first-order valence-corrected chi connectivity index (χ1v) is 9.20. The molecule has 2 heterocycles. The molecular weight excluding hydrogens is 388 g/mol. The Balaban J connectivity index is 1.81. The first-order chi connectivity index (χ1) is 14.0. The van der Waals surface area contributed by atoms with Crippen LogP contribution in [-0.2, 0) is 6.54 Å². The highest BCUT2D eigenvalue weighted by atomic mass is 35.5. The number of carbonyl (C=O) groups is 1. The minimum absolute atomic E-state index is 0.153. The van der Waals surface area contributed by atoms with Gasteiger partial charge in [0.1, 0.15) is 0 Å². The van der Waals surface area contributed by atoms with Gasteiger partial charge in [-0.1, -0.05) is 23.7 Å². The third-order valence-corrected chi connectivity index (χ3v) is 4.70. The summed E-state index contributed by atoms with van der Waals surface area (Å²) in [4.78, 5) is 25.2. The molecule has 7 nitrogen and oxygen atoms in total. The quantitative estimate of drug-likeness (QED) is 0.477. The lowest BCUT2D eigenvalue weighted by Gasteiger charge is -2.13. The summed E-state index contributed by atoms with van der Waals surface area (Å²) in [5.74, 6) is -0.102. The number of hydrogen-bond acceptors (Lipinski definition) is 6. The predicted molar refractivity (Wildman–Crippen MR) is 114 cm³/mol. The van der Waals surface area contributed by atoms with Crippen molar-refractivity contribution in [1.82, 2.24) is 15.0 Å². The highest BCUT2D eigenvalue weighted by molar-refractivity contribution is 6.31. The summed E-state index contributed by atoms with van der Waals surface area (Å²) in [5.41, 5.74) is 15.7. The van der Waals surface area contributed by atoms with Gasteiger partial charge >= 0.3 is 0 Å². The number of rotatable bonds is 4. The van der Waals surface area contributed by atoms with Crippen LogP contribution in [0.4, 0.5) is 11.6 Å². The van der Waals surface area contributed by atoms with Crippen molar-refractivity contribution in [2.24, 2.45) is 5.73 Å². The smallest absolute Gasteiger partial charge is 0.255 e. The molecule has 0 aliphatic heterocycles. The van der Waals surface area contributed by atoms with E-state index in [0.29, 0.717) is 27.5 Å². The molecule has 0 unspecified atom stereocenters. The van der Waals surface area contributed by atoms with Gasteiger partial charge in [-0.15, -0.1) is 0 Å². The molecule has 0 spiro atoms. The third-order valence-electron chi connectivity index (χ3n) is 4.47. The number of nitrogen functional groups attached to an aromatic ring is 1. The average molecular weight is 405 g/mol. The molecule has 0 aliphatic rings. The lowest BCUT2D eigenvalue weighted by Crippen LogP contribution is -2.14. The molecule has 8 heteroatoms. The zero-order valence-electron chi connectivity index (χ0n) is 15.3. The minimum Gasteiger partial charge on any atom is -0.368 e. The van der Waals surface area contributed by atoms with Crippen molar-refractivity contribution in [2.75, 3.05) is 11.1 Å². The third kappa shape index (κ3) is 3.87. The van der Waals surface area contributed by atoms with Crippen LogP contribution in [0.15, 0.2) is 60.9 Å². The fourth-order valence-electron chi connectivity index (χ4n) is 3.05. The van der Waals surface area contributed by atoms with Crippen molar-refractivity contribution in [1.29, 1.82) is 0 Å². The second-order valence-electron chi connectivity index (χ2n) is 6.36. The summed E-state index contributed by atoms with van der Waals surface area (Å²) in [6, 6.07) is 14.2. The van der Waals surface area contributed by atoms with E-state index in [0.717, 1.165) is 16.5 Å². The van der Waals surface area contributed by atoms with E-state index in [1.165, 1.54) is 0 Å². The number of hydrogen-bond donors (Lipinski definition) is 3. The van der Waals surface area contributed by atoms with Gasteiger partial charge in [0.2, 0.25) is 5.95 Å². The lowest BCUT2D eigenvalue weighted by molar-refractivity contribution is 0.102. The molecule has 0 fully saturated rings. The number of anilines is 2. The first-order valence-electron chi connectivity index (χ1n) is 8.82. The van der Waals surface area contributed by atoms with Gasteiger partial charge in [-0.05, 0) is 42.0 Å². The van der Waals surface area contributed by atoms with Gasteiger partial charge in [0.15, 0.2) is 0 Å². The number of amides is 1. The average Bonchev–Trinajstić information content (AvgIpc) is 2.74. The second kappa shape index (κ2) is 7.83. The normalized spacial score (nSPS) is 10.8. The van der Waals surface area contributed by atoms with E-state index in [1.54, 1.807) is 42.7 Å². The predicted octanol–water partition coefficient (Wildman–Crippen LogP) is 3.64. The van der Waals surface area contributed by atoms with Gasteiger partial charge in [-0.3, -0.25) is 9.78 Å². The van der Waals surface area contributed by atoms with Crippen LogP contribution in [-0.4, -0.2) is 20.9 Å². The molecule has 4 aromatic rings. The molecule has 5 N–H and O–H groups in total. The van der Waals surface area contributed by atoms with Crippen molar-refractivity contribution in [2.45, 2.75) is 6.54 Å². The highest BCUT2D eigenvalue weighted by Crippen LogP contribution is 2.31. The summed E-state index contributed by atoms with van der Waals surface area (Å²) < 4.78 is 0. The Labute approximate surface area is 171 Å². The van der Waals surface area contributed by atoms with E-state index < -0.39 is 0 Å².